The highest BCUT2D eigenvalue weighted by molar-refractivity contribution is 7.88. The van der Waals surface area contributed by atoms with Crippen molar-refractivity contribution in [2.75, 3.05) is 64.1 Å². The summed E-state index contributed by atoms with van der Waals surface area (Å²) in [5, 5.41) is 0.615. The predicted octanol–water partition coefficient (Wildman–Crippen LogP) is 1.86. The number of aryl methyl sites for hydroxylation is 2. The molecule has 0 bridgehead atoms. The first-order valence-corrected chi connectivity index (χ1v) is 12.7. The van der Waals surface area contributed by atoms with Gasteiger partial charge in [0.15, 0.2) is 5.13 Å². The SMILES string of the molecule is Cc1cc2nc(N(CCCN3CCOCC3)C(=O)CN(C)S(C)(=O)=O)sc2cc1C. The highest BCUT2D eigenvalue weighted by Crippen LogP contribution is 2.31. The number of morpholine rings is 1. The number of sulfonamides is 1. The summed E-state index contributed by atoms with van der Waals surface area (Å²) in [4.78, 5) is 21.7. The molecule has 1 fully saturated rings. The molecular formula is C20H30N4O4S2. The highest BCUT2D eigenvalue weighted by atomic mass is 32.2. The van der Waals surface area contributed by atoms with Crippen LogP contribution in [0.3, 0.4) is 0 Å². The first kappa shape index (κ1) is 23.1. The zero-order valence-corrected chi connectivity index (χ0v) is 19.7. The molecule has 0 spiro atoms. The normalized spacial score (nSPS) is 15.8. The van der Waals surface area contributed by atoms with E-state index < -0.39 is 10.0 Å². The molecule has 0 aliphatic carbocycles. The second-order valence-electron chi connectivity index (χ2n) is 7.77. The molecule has 1 aliphatic rings. The zero-order chi connectivity index (χ0) is 21.9. The minimum atomic E-state index is -3.44. The second-order valence-corrected chi connectivity index (χ2v) is 10.9. The van der Waals surface area contributed by atoms with Gasteiger partial charge in [0.25, 0.3) is 0 Å². The Morgan fingerprint density at radius 2 is 1.90 bits per heavy atom. The van der Waals surface area contributed by atoms with Crippen molar-refractivity contribution in [2.45, 2.75) is 20.3 Å². The molecule has 10 heteroatoms. The van der Waals surface area contributed by atoms with Crippen LogP contribution in [0, 0.1) is 13.8 Å². The molecule has 166 valence electrons. The van der Waals surface area contributed by atoms with E-state index in [1.807, 2.05) is 13.0 Å². The number of hydrogen-bond donors (Lipinski definition) is 0. The van der Waals surface area contributed by atoms with Gasteiger partial charge in [0.05, 0.1) is 36.2 Å². The number of fused-ring (bicyclic) bond motifs is 1. The largest absolute Gasteiger partial charge is 0.379 e. The lowest BCUT2D eigenvalue weighted by Gasteiger charge is -2.28. The van der Waals surface area contributed by atoms with E-state index in [4.69, 9.17) is 9.72 Å². The van der Waals surface area contributed by atoms with Gasteiger partial charge in [0, 0.05) is 33.2 Å². The maximum atomic E-state index is 13.0. The maximum Gasteiger partial charge on any atom is 0.244 e. The van der Waals surface area contributed by atoms with Crippen LogP contribution in [0.1, 0.15) is 17.5 Å². The van der Waals surface area contributed by atoms with Crippen LogP contribution in [-0.2, 0) is 19.6 Å². The summed E-state index contributed by atoms with van der Waals surface area (Å²) in [6.07, 6.45) is 1.88. The van der Waals surface area contributed by atoms with Crippen molar-refractivity contribution in [1.82, 2.24) is 14.2 Å². The molecule has 1 aromatic heterocycles. The quantitative estimate of drug-likeness (QED) is 0.606. The number of anilines is 1. The molecule has 0 unspecified atom stereocenters. The Morgan fingerprint density at radius 3 is 2.57 bits per heavy atom. The topological polar surface area (TPSA) is 83.1 Å². The Bertz CT molecular complexity index is 961. The van der Waals surface area contributed by atoms with Crippen molar-refractivity contribution >= 4 is 42.6 Å². The highest BCUT2D eigenvalue weighted by Gasteiger charge is 2.24. The van der Waals surface area contributed by atoms with Gasteiger partial charge in [-0.25, -0.2) is 13.4 Å². The maximum absolute atomic E-state index is 13.0. The molecule has 1 saturated heterocycles. The summed E-state index contributed by atoms with van der Waals surface area (Å²) in [5.41, 5.74) is 3.20. The van der Waals surface area contributed by atoms with Gasteiger partial charge in [-0.15, -0.1) is 0 Å². The third-order valence-corrected chi connectivity index (χ3v) is 7.71. The summed E-state index contributed by atoms with van der Waals surface area (Å²) in [6.45, 7) is 8.50. The fourth-order valence-corrected chi connectivity index (χ4v) is 4.71. The van der Waals surface area contributed by atoms with Crippen LogP contribution in [0.5, 0.6) is 0 Å². The Balaban J connectivity index is 1.79. The average Bonchev–Trinajstić information content (AvgIpc) is 3.07. The number of carbonyl (C=O) groups excluding carboxylic acids is 1. The molecule has 0 saturated carbocycles. The first-order chi connectivity index (χ1) is 14.1. The predicted molar refractivity (Wildman–Crippen MR) is 121 cm³/mol. The Kier molecular flexibility index (Phi) is 7.46. The van der Waals surface area contributed by atoms with Gasteiger partial charge < -0.3 is 4.74 Å². The van der Waals surface area contributed by atoms with Crippen LogP contribution in [0.4, 0.5) is 5.13 Å². The molecule has 8 nitrogen and oxygen atoms in total. The summed E-state index contributed by atoms with van der Waals surface area (Å²) >= 11 is 1.47. The number of nitrogens with zero attached hydrogens (tertiary/aromatic N) is 4. The van der Waals surface area contributed by atoms with Crippen molar-refractivity contribution in [3.63, 3.8) is 0 Å². The summed E-state index contributed by atoms with van der Waals surface area (Å²) in [6, 6.07) is 4.12. The molecule has 0 radical (unpaired) electrons. The number of hydrogen-bond acceptors (Lipinski definition) is 7. The standard InChI is InChI=1S/C20H30N4O4S2/c1-15-12-17-18(13-16(15)2)29-20(21-17)24(19(25)14-22(3)30(4,26)27)7-5-6-23-8-10-28-11-9-23/h12-13H,5-11,14H2,1-4H3. The van der Waals surface area contributed by atoms with Gasteiger partial charge in [-0.2, -0.15) is 4.31 Å². The Labute approximate surface area is 182 Å². The van der Waals surface area contributed by atoms with Crippen LogP contribution in [-0.4, -0.2) is 87.8 Å². The van der Waals surface area contributed by atoms with E-state index >= 15 is 0 Å². The van der Waals surface area contributed by atoms with Gasteiger partial charge in [0.1, 0.15) is 0 Å². The molecule has 1 amide bonds. The van der Waals surface area contributed by atoms with E-state index in [1.54, 1.807) is 4.90 Å². The lowest BCUT2D eigenvalue weighted by Crippen LogP contribution is -2.43. The van der Waals surface area contributed by atoms with E-state index in [2.05, 4.69) is 17.9 Å². The van der Waals surface area contributed by atoms with Crippen LogP contribution < -0.4 is 4.90 Å². The van der Waals surface area contributed by atoms with E-state index in [1.165, 1.54) is 23.9 Å². The van der Waals surface area contributed by atoms with Crippen LogP contribution in [0.15, 0.2) is 12.1 Å². The summed E-state index contributed by atoms with van der Waals surface area (Å²) in [7, 11) is -2.02. The third kappa shape index (κ3) is 5.76. The van der Waals surface area contributed by atoms with Gasteiger partial charge >= 0.3 is 0 Å². The number of benzene rings is 1. The number of amides is 1. The molecule has 1 aromatic carbocycles. The van der Waals surface area contributed by atoms with Crippen molar-refractivity contribution in [1.29, 1.82) is 0 Å². The molecular weight excluding hydrogens is 424 g/mol. The minimum absolute atomic E-state index is 0.204. The van der Waals surface area contributed by atoms with Crippen LogP contribution >= 0.6 is 11.3 Å². The lowest BCUT2D eigenvalue weighted by molar-refractivity contribution is -0.118. The second kappa shape index (κ2) is 9.69. The van der Waals surface area contributed by atoms with E-state index in [9.17, 15) is 13.2 Å². The fraction of sp³-hybridized carbons (Fsp3) is 0.600. The lowest BCUT2D eigenvalue weighted by atomic mass is 10.1. The zero-order valence-electron chi connectivity index (χ0n) is 18.0. The third-order valence-electron chi connectivity index (χ3n) is 5.41. The molecule has 2 aromatic rings. The number of carbonyl (C=O) groups is 1. The van der Waals surface area contributed by atoms with Gasteiger partial charge in [-0.3, -0.25) is 14.6 Å². The van der Waals surface area contributed by atoms with Crippen LogP contribution in [0.25, 0.3) is 10.2 Å². The number of thiazole rings is 1. The van der Waals surface area contributed by atoms with Crippen molar-refractivity contribution in [3.8, 4) is 0 Å². The Hall–Kier alpha value is -1.59. The minimum Gasteiger partial charge on any atom is -0.379 e. The first-order valence-electron chi connectivity index (χ1n) is 10.0. The summed E-state index contributed by atoms with van der Waals surface area (Å²) < 4.78 is 31.1. The van der Waals surface area contributed by atoms with Gasteiger partial charge in [0.2, 0.25) is 15.9 Å². The molecule has 0 N–H and O–H groups in total. The van der Waals surface area contributed by atoms with Crippen molar-refractivity contribution in [3.05, 3.63) is 23.3 Å². The van der Waals surface area contributed by atoms with E-state index in [-0.39, 0.29) is 12.5 Å². The molecule has 30 heavy (non-hydrogen) atoms. The molecule has 1 aliphatic heterocycles. The van der Waals surface area contributed by atoms with Crippen molar-refractivity contribution < 1.29 is 17.9 Å². The molecule has 3 rings (SSSR count). The van der Waals surface area contributed by atoms with Gasteiger partial charge in [-0.05, 0) is 43.5 Å². The van der Waals surface area contributed by atoms with E-state index in [0.717, 1.165) is 65.6 Å². The Morgan fingerprint density at radius 1 is 1.23 bits per heavy atom. The fourth-order valence-electron chi connectivity index (χ4n) is 3.28. The monoisotopic (exact) mass is 454 g/mol. The smallest absolute Gasteiger partial charge is 0.244 e. The van der Waals surface area contributed by atoms with Crippen LogP contribution in [0.2, 0.25) is 0 Å². The molecule has 2 heterocycles. The van der Waals surface area contributed by atoms with Crippen molar-refractivity contribution in [2.24, 2.45) is 0 Å². The summed E-state index contributed by atoms with van der Waals surface area (Å²) in [5.74, 6) is -0.266. The number of aromatic nitrogens is 1. The van der Waals surface area contributed by atoms with E-state index in [0.29, 0.717) is 11.7 Å². The van der Waals surface area contributed by atoms with Gasteiger partial charge in [-0.1, -0.05) is 11.3 Å². The average molecular weight is 455 g/mol. The molecule has 0 atom stereocenters. The number of likely N-dealkylation sites (N-methyl/N-ethyl adjacent to an activating group) is 1. The number of rotatable bonds is 8. The number of ether oxygens (including phenoxy) is 1.